The van der Waals surface area contributed by atoms with Crippen molar-refractivity contribution < 1.29 is 9.53 Å². The molecule has 2 heterocycles. The summed E-state index contributed by atoms with van der Waals surface area (Å²) in [6, 6.07) is 5.48. The summed E-state index contributed by atoms with van der Waals surface area (Å²) in [6.07, 6.45) is 0. The van der Waals surface area contributed by atoms with Crippen LogP contribution in [-0.4, -0.2) is 31.8 Å². The average Bonchev–Trinajstić information content (AvgIpc) is 3.06. The minimum absolute atomic E-state index is 0.0236. The number of carbonyl (C=O) groups excluding carboxylic acids is 1. The van der Waals surface area contributed by atoms with Gasteiger partial charge in [-0.15, -0.1) is 15.1 Å². The maximum Gasteiger partial charge on any atom is 0.242 e. The van der Waals surface area contributed by atoms with E-state index in [-0.39, 0.29) is 23.4 Å². The fourth-order valence-corrected chi connectivity index (χ4v) is 3.48. The highest BCUT2D eigenvalue weighted by Crippen LogP contribution is 2.31. The Kier molecular flexibility index (Phi) is 6.28. The van der Waals surface area contributed by atoms with Crippen LogP contribution in [0.1, 0.15) is 74.2 Å². The smallest absolute Gasteiger partial charge is 0.242 e. The molecule has 1 aromatic carbocycles. The Morgan fingerprint density at radius 2 is 1.70 bits per heavy atom. The molecule has 9 nitrogen and oxygen atoms in total. The van der Waals surface area contributed by atoms with Crippen molar-refractivity contribution in [3.63, 3.8) is 0 Å². The predicted molar refractivity (Wildman–Crippen MR) is 126 cm³/mol. The predicted octanol–water partition coefficient (Wildman–Crippen LogP) is 4.21. The first kappa shape index (κ1) is 24.3. The van der Waals surface area contributed by atoms with Gasteiger partial charge in [0.2, 0.25) is 11.5 Å². The minimum Gasteiger partial charge on any atom is -0.477 e. The molecule has 0 saturated heterocycles. The molecule has 0 spiro atoms. The number of hydrogen-bond acceptors (Lipinski definition) is 7. The first-order chi connectivity index (χ1) is 15.3. The van der Waals surface area contributed by atoms with E-state index >= 15 is 0 Å². The SMILES string of the molecule is CCOc1nn2c(=N)n(CC(=O)c3cc(C(C)(C)C)cc(C(C)(C)N=O)c3)nc2c(C)c1C. The highest BCUT2D eigenvalue weighted by Gasteiger charge is 2.26. The Balaban J connectivity index is 2.08. The van der Waals surface area contributed by atoms with Gasteiger partial charge in [0.1, 0.15) is 12.1 Å². The van der Waals surface area contributed by atoms with Crippen molar-refractivity contribution in [2.45, 2.75) is 72.9 Å². The molecular formula is C24H32N6O3. The number of aromatic nitrogens is 4. The largest absolute Gasteiger partial charge is 0.477 e. The number of rotatable bonds is 7. The molecule has 2 aromatic heterocycles. The van der Waals surface area contributed by atoms with Crippen LogP contribution in [-0.2, 0) is 17.5 Å². The standard InChI is InChI=1S/C24H32N6O3/c1-9-33-21-15(3)14(2)20-26-29(22(25)30(20)27-21)13-19(31)16-10-17(23(4,5)6)12-18(11-16)24(7,8)28-32/h10-12,25H,9,13H2,1-8H3. The summed E-state index contributed by atoms with van der Waals surface area (Å²) in [5.41, 5.74) is 3.02. The van der Waals surface area contributed by atoms with E-state index < -0.39 is 5.54 Å². The summed E-state index contributed by atoms with van der Waals surface area (Å²) in [5, 5.41) is 20.6. The van der Waals surface area contributed by atoms with E-state index in [9.17, 15) is 9.70 Å². The zero-order chi connectivity index (χ0) is 24.7. The Morgan fingerprint density at radius 3 is 2.27 bits per heavy atom. The van der Waals surface area contributed by atoms with Gasteiger partial charge in [-0.2, -0.15) is 4.52 Å². The lowest BCUT2D eigenvalue weighted by Crippen LogP contribution is -2.27. The Labute approximate surface area is 193 Å². The number of benzene rings is 1. The summed E-state index contributed by atoms with van der Waals surface area (Å²) in [6.45, 7) is 15.6. The van der Waals surface area contributed by atoms with Crippen molar-refractivity contribution >= 4 is 11.4 Å². The number of fused-ring (bicyclic) bond motifs is 1. The molecule has 3 aromatic rings. The molecule has 0 atom stereocenters. The van der Waals surface area contributed by atoms with Crippen molar-refractivity contribution in [3.05, 3.63) is 56.5 Å². The Bertz CT molecular complexity index is 1290. The van der Waals surface area contributed by atoms with E-state index in [4.69, 9.17) is 10.1 Å². The average molecular weight is 453 g/mol. The van der Waals surface area contributed by atoms with Gasteiger partial charge in [-0.05, 0) is 63.3 Å². The Hall–Kier alpha value is -3.36. The summed E-state index contributed by atoms with van der Waals surface area (Å²) in [4.78, 5) is 24.7. The van der Waals surface area contributed by atoms with Gasteiger partial charge in [0, 0.05) is 16.7 Å². The molecule has 0 unspecified atom stereocenters. The fourth-order valence-electron chi connectivity index (χ4n) is 3.48. The van der Waals surface area contributed by atoms with Gasteiger partial charge < -0.3 is 4.74 Å². The van der Waals surface area contributed by atoms with Crippen LogP contribution in [0.5, 0.6) is 5.88 Å². The van der Waals surface area contributed by atoms with Gasteiger partial charge in [-0.1, -0.05) is 32.0 Å². The lowest BCUT2D eigenvalue weighted by atomic mass is 9.81. The van der Waals surface area contributed by atoms with Crippen molar-refractivity contribution in [2.24, 2.45) is 5.18 Å². The summed E-state index contributed by atoms with van der Waals surface area (Å²) in [7, 11) is 0. The van der Waals surface area contributed by atoms with E-state index in [1.807, 2.05) is 53.7 Å². The summed E-state index contributed by atoms with van der Waals surface area (Å²) in [5.74, 6) is 0.225. The third kappa shape index (κ3) is 4.58. The molecule has 1 N–H and O–H groups in total. The van der Waals surface area contributed by atoms with Crippen LogP contribution >= 0.6 is 0 Å². The zero-order valence-corrected chi connectivity index (χ0v) is 20.6. The second-order valence-corrected chi connectivity index (χ2v) is 9.83. The van der Waals surface area contributed by atoms with E-state index in [1.54, 1.807) is 19.9 Å². The zero-order valence-electron chi connectivity index (χ0n) is 20.6. The molecule has 0 saturated carbocycles. The summed E-state index contributed by atoms with van der Waals surface area (Å²) < 4.78 is 8.31. The van der Waals surface area contributed by atoms with Crippen LogP contribution < -0.4 is 10.4 Å². The quantitative estimate of drug-likeness (QED) is 0.426. The number of nitrogens with one attached hydrogen (secondary N) is 1. The molecule has 33 heavy (non-hydrogen) atoms. The van der Waals surface area contributed by atoms with Gasteiger partial charge in [0.05, 0.1) is 6.61 Å². The van der Waals surface area contributed by atoms with Crippen LogP contribution in [0.25, 0.3) is 5.65 Å². The van der Waals surface area contributed by atoms with Gasteiger partial charge in [-0.3, -0.25) is 10.2 Å². The first-order valence-electron chi connectivity index (χ1n) is 11.0. The van der Waals surface area contributed by atoms with E-state index in [1.165, 1.54) is 9.20 Å². The van der Waals surface area contributed by atoms with Gasteiger partial charge in [0.25, 0.3) is 0 Å². The third-order valence-electron chi connectivity index (χ3n) is 5.90. The van der Waals surface area contributed by atoms with E-state index in [0.29, 0.717) is 29.3 Å². The fraction of sp³-hybridized carbons (Fsp3) is 0.500. The van der Waals surface area contributed by atoms with Crippen LogP contribution in [0, 0.1) is 24.2 Å². The highest BCUT2D eigenvalue weighted by atomic mass is 16.5. The molecular weight excluding hydrogens is 420 g/mol. The summed E-state index contributed by atoms with van der Waals surface area (Å²) >= 11 is 0. The number of hydrogen-bond donors (Lipinski definition) is 1. The van der Waals surface area contributed by atoms with Crippen LogP contribution in [0.15, 0.2) is 23.4 Å². The van der Waals surface area contributed by atoms with Crippen LogP contribution in [0.2, 0.25) is 0 Å². The lowest BCUT2D eigenvalue weighted by Gasteiger charge is -2.24. The van der Waals surface area contributed by atoms with E-state index in [0.717, 1.165) is 16.7 Å². The number of nitroso groups, excluding NO2 is 1. The lowest BCUT2D eigenvalue weighted by molar-refractivity contribution is 0.0965. The van der Waals surface area contributed by atoms with Gasteiger partial charge in [-0.25, -0.2) is 4.68 Å². The monoisotopic (exact) mass is 452 g/mol. The van der Waals surface area contributed by atoms with Gasteiger partial charge >= 0.3 is 0 Å². The molecule has 176 valence electrons. The van der Waals surface area contributed by atoms with Crippen LogP contribution in [0.3, 0.4) is 0 Å². The second-order valence-electron chi connectivity index (χ2n) is 9.83. The number of nitrogens with zero attached hydrogens (tertiary/aromatic N) is 5. The molecule has 0 aliphatic heterocycles. The van der Waals surface area contributed by atoms with Crippen molar-refractivity contribution in [1.29, 1.82) is 5.41 Å². The van der Waals surface area contributed by atoms with E-state index in [2.05, 4.69) is 15.4 Å². The number of aryl methyl sites for hydroxylation is 1. The molecule has 0 bridgehead atoms. The number of ether oxygens (including phenoxy) is 1. The second kappa shape index (κ2) is 8.53. The molecule has 0 amide bonds. The Morgan fingerprint density at radius 1 is 1.06 bits per heavy atom. The molecule has 0 aliphatic carbocycles. The topological polar surface area (TPSA) is 115 Å². The number of Topliss-reactive ketones (excluding diaryl/α,β-unsaturated/α-hetero) is 1. The maximum atomic E-state index is 13.3. The number of ketones is 1. The maximum absolute atomic E-state index is 13.3. The number of carbonyl (C=O) groups is 1. The van der Waals surface area contributed by atoms with Crippen molar-refractivity contribution in [3.8, 4) is 5.88 Å². The molecule has 0 fully saturated rings. The highest BCUT2D eigenvalue weighted by molar-refractivity contribution is 5.96. The first-order valence-corrected chi connectivity index (χ1v) is 11.0. The van der Waals surface area contributed by atoms with Crippen molar-refractivity contribution in [2.75, 3.05) is 6.61 Å². The minimum atomic E-state index is -0.971. The normalized spacial score (nSPS) is 12.2. The van der Waals surface area contributed by atoms with Crippen LogP contribution in [0.4, 0.5) is 0 Å². The molecule has 0 aliphatic rings. The third-order valence-corrected chi connectivity index (χ3v) is 5.90. The molecule has 0 radical (unpaired) electrons. The molecule has 3 rings (SSSR count). The van der Waals surface area contributed by atoms with Gasteiger partial charge in [0.15, 0.2) is 11.4 Å². The molecule has 9 heteroatoms. The van der Waals surface area contributed by atoms with Crippen molar-refractivity contribution in [1.82, 2.24) is 19.4 Å².